The number of benzene rings is 1. The van der Waals surface area contributed by atoms with Crippen LogP contribution in [0.3, 0.4) is 0 Å². The van der Waals surface area contributed by atoms with Crippen LogP contribution in [0.15, 0.2) is 35.6 Å². The Labute approximate surface area is 177 Å². The summed E-state index contributed by atoms with van der Waals surface area (Å²) in [4.78, 5) is 41.0. The second-order valence-corrected chi connectivity index (χ2v) is 7.71. The zero-order valence-corrected chi connectivity index (χ0v) is 17.5. The Morgan fingerprint density at radius 2 is 1.90 bits per heavy atom. The molecule has 0 bridgehead atoms. The first-order valence-electron chi connectivity index (χ1n) is 9.59. The van der Waals surface area contributed by atoms with E-state index in [0.717, 1.165) is 25.7 Å². The first-order chi connectivity index (χ1) is 14.4. The molecule has 160 valence electrons. The Balaban J connectivity index is 1.66. The summed E-state index contributed by atoms with van der Waals surface area (Å²) in [6.45, 7) is 1.38. The first-order valence-corrected chi connectivity index (χ1v) is 10.8. The highest BCUT2D eigenvalue weighted by Crippen LogP contribution is 2.23. The maximum absolute atomic E-state index is 13.3. The lowest BCUT2D eigenvalue weighted by atomic mass is 10.2. The number of hydrogen-bond acceptors (Lipinski definition) is 6. The molecule has 8 nitrogen and oxygen atoms in total. The van der Waals surface area contributed by atoms with Gasteiger partial charge in [0, 0.05) is 11.7 Å². The molecule has 30 heavy (non-hydrogen) atoms. The third-order valence-electron chi connectivity index (χ3n) is 4.79. The molecule has 1 fully saturated rings. The highest BCUT2D eigenvalue weighted by Gasteiger charge is 2.26. The predicted molar refractivity (Wildman–Crippen MR) is 109 cm³/mol. The highest BCUT2D eigenvalue weighted by atomic mass is 32.2. The standard InChI is InChI=1S/C20H23FN4O4S/c1-12(17(26)24-19(28)23-14-5-3-4-6-14)29-18(27)16-11-22-20(30-2)25(16)15-9-7-13(21)8-10-15/h7-12,14H,3-6H2,1-2H3,(H2,23,24,26,28). The van der Waals surface area contributed by atoms with E-state index in [2.05, 4.69) is 15.6 Å². The number of aromatic nitrogens is 2. The van der Waals surface area contributed by atoms with E-state index in [1.807, 2.05) is 0 Å². The number of esters is 1. The number of imidazole rings is 1. The van der Waals surface area contributed by atoms with Crippen LogP contribution in [0, 0.1) is 5.82 Å². The summed E-state index contributed by atoms with van der Waals surface area (Å²) in [6, 6.07) is 5.02. The Morgan fingerprint density at radius 3 is 2.53 bits per heavy atom. The maximum Gasteiger partial charge on any atom is 0.357 e. The molecular weight excluding hydrogens is 411 g/mol. The summed E-state index contributed by atoms with van der Waals surface area (Å²) in [5, 5.41) is 5.44. The summed E-state index contributed by atoms with van der Waals surface area (Å²) in [6.07, 6.45) is 5.79. The topological polar surface area (TPSA) is 102 Å². The molecule has 1 unspecified atom stereocenters. The summed E-state index contributed by atoms with van der Waals surface area (Å²) in [5.41, 5.74) is 0.610. The molecule has 1 aromatic carbocycles. The number of urea groups is 1. The third-order valence-corrected chi connectivity index (χ3v) is 5.44. The minimum atomic E-state index is -1.19. The van der Waals surface area contributed by atoms with Crippen molar-refractivity contribution in [3.63, 3.8) is 0 Å². The van der Waals surface area contributed by atoms with E-state index in [9.17, 15) is 18.8 Å². The van der Waals surface area contributed by atoms with Gasteiger partial charge in [0.05, 0.1) is 6.20 Å². The van der Waals surface area contributed by atoms with E-state index in [1.54, 1.807) is 6.26 Å². The fourth-order valence-corrected chi connectivity index (χ4v) is 3.79. The van der Waals surface area contributed by atoms with E-state index in [1.165, 1.54) is 53.7 Å². The van der Waals surface area contributed by atoms with Crippen molar-refractivity contribution in [2.45, 2.75) is 49.9 Å². The van der Waals surface area contributed by atoms with Gasteiger partial charge in [0.2, 0.25) is 0 Å². The lowest BCUT2D eigenvalue weighted by Gasteiger charge is -2.16. The van der Waals surface area contributed by atoms with Crippen molar-refractivity contribution in [3.05, 3.63) is 42.0 Å². The van der Waals surface area contributed by atoms with Gasteiger partial charge in [0.1, 0.15) is 5.82 Å². The maximum atomic E-state index is 13.3. The van der Waals surface area contributed by atoms with E-state index in [0.29, 0.717) is 10.8 Å². The summed E-state index contributed by atoms with van der Waals surface area (Å²) in [5.74, 6) is -1.92. The molecule has 0 aliphatic heterocycles. The SMILES string of the molecule is CSc1ncc(C(=O)OC(C)C(=O)NC(=O)NC2CCCC2)n1-c1ccc(F)cc1. The average Bonchev–Trinajstić information content (AvgIpc) is 3.37. The number of ether oxygens (including phenoxy) is 1. The largest absolute Gasteiger partial charge is 0.448 e. The fraction of sp³-hybridized carbons (Fsp3) is 0.400. The zero-order chi connectivity index (χ0) is 21.7. The minimum absolute atomic E-state index is 0.0608. The second kappa shape index (κ2) is 9.75. The molecule has 1 atom stereocenters. The van der Waals surface area contributed by atoms with Crippen molar-refractivity contribution >= 4 is 29.7 Å². The molecule has 2 N–H and O–H groups in total. The molecule has 1 heterocycles. The molecule has 3 amide bonds. The molecule has 2 aromatic rings. The van der Waals surface area contributed by atoms with Crippen LogP contribution in [-0.4, -0.2) is 45.9 Å². The molecular formula is C20H23FN4O4S. The van der Waals surface area contributed by atoms with Gasteiger partial charge in [-0.3, -0.25) is 14.7 Å². The number of nitrogens with one attached hydrogen (secondary N) is 2. The average molecular weight is 434 g/mol. The molecule has 1 aromatic heterocycles. The molecule has 0 radical (unpaired) electrons. The number of nitrogens with zero attached hydrogens (tertiary/aromatic N) is 2. The van der Waals surface area contributed by atoms with Crippen molar-refractivity contribution < 1.29 is 23.5 Å². The number of halogens is 1. The van der Waals surface area contributed by atoms with E-state index in [-0.39, 0.29) is 11.7 Å². The Bertz CT molecular complexity index is 925. The number of hydrogen-bond donors (Lipinski definition) is 2. The number of thioether (sulfide) groups is 1. The van der Waals surface area contributed by atoms with Crippen molar-refractivity contribution in [3.8, 4) is 5.69 Å². The summed E-state index contributed by atoms with van der Waals surface area (Å²) in [7, 11) is 0. The molecule has 3 rings (SSSR count). The summed E-state index contributed by atoms with van der Waals surface area (Å²) < 4.78 is 20.0. The number of carbonyl (C=O) groups excluding carboxylic acids is 3. The molecule has 0 spiro atoms. The lowest BCUT2D eigenvalue weighted by Crippen LogP contribution is -2.47. The number of rotatable bonds is 6. The smallest absolute Gasteiger partial charge is 0.357 e. The van der Waals surface area contributed by atoms with Crippen LogP contribution in [0.5, 0.6) is 0 Å². The number of amides is 3. The van der Waals surface area contributed by atoms with Gasteiger partial charge in [-0.2, -0.15) is 0 Å². The van der Waals surface area contributed by atoms with E-state index < -0.39 is 29.8 Å². The van der Waals surface area contributed by atoms with Crippen LogP contribution < -0.4 is 10.6 Å². The van der Waals surface area contributed by atoms with Crippen LogP contribution in [0.25, 0.3) is 5.69 Å². The molecule has 10 heteroatoms. The van der Waals surface area contributed by atoms with Gasteiger partial charge in [-0.1, -0.05) is 24.6 Å². The normalized spacial score (nSPS) is 14.9. The lowest BCUT2D eigenvalue weighted by molar-refractivity contribution is -0.127. The Morgan fingerprint density at radius 1 is 1.23 bits per heavy atom. The van der Waals surface area contributed by atoms with Crippen molar-refractivity contribution in [1.82, 2.24) is 20.2 Å². The van der Waals surface area contributed by atoms with Crippen LogP contribution in [-0.2, 0) is 9.53 Å². The van der Waals surface area contributed by atoms with Gasteiger partial charge in [-0.05, 0) is 50.3 Å². The van der Waals surface area contributed by atoms with Gasteiger partial charge in [0.25, 0.3) is 5.91 Å². The molecule has 1 aliphatic carbocycles. The zero-order valence-electron chi connectivity index (χ0n) is 16.7. The van der Waals surface area contributed by atoms with Crippen molar-refractivity contribution in [2.75, 3.05) is 6.26 Å². The van der Waals surface area contributed by atoms with Crippen LogP contribution in [0.1, 0.15) is 43.1 Å². The number of imide groups is 1. The van der Waals surface area contributed by atoms with E-state index >= 15 is 0 Å². The first kappa shape index (κ1) is 21.8. The fourth-order valence-electron chi connectivity index (χ4n) is 3.24. The van der Waals surface area contributed by atoms with Crippen LogP contribution in [0.4, 0.5) is 9.18 Å². The summed E-state index contributed by atoms with van der Waals surface area (Å²) >= 11 is 1.30. The predicted octanol–water partition coefficient (Wildman–Crippen LogP) is 3.05. The molecule has 0 saturated heterocycles. The van der Waals surface area contributed by atoms with Gasteiger partial charge >= 0.3 is 12.0 Å². The van der Waals surface area contributed by atoms with Crippen LogP contribution in [0.2, 0.25) is 0 Å². The molecule has 1 aliphatic rings. The van der Waals surface area contributed by atoms with Crippen molar-refractivity contribution in [1.29, 1.82) is 0 Å². The van der Waals surface area contributed by atoms with E-state index in [4.69, 9.17) is 4.74 Å². The third kappa shape index (κ3) is 5.18. The molecule has 1 saturated carbocycles. The van der Waals surface area contributed by atoms with Crippen LogP contribution >= 0.6 is 11.8 Å². The van der Waals surface area contributed by atoms with Gasteiger partial charge in [-0.25, -0.2) is 19.0 Å². The van der Waals surface area contributed by atoms with Gasteiger partial charge < -0.3 is 10.1 Å². The minimum Gasteiger partial charge on any atom is -0.448 e. The number of carbonyl (C=O) groups is 3. The van der Waals surface area contributed by atoms with Gasteiger partial charge in [-0.15, -0.1) is 0 Å². The quantitative estimate of drug-likeness (QED) is 0.535. The highest BCUT2D eigenvalue weighted by molar-refractivity contribution is 7.98. The second-order valence-electron chi connectivity index (χ2n) is 6.93. The van der Waals surface area contributed by atoms with Crippen molar-refractivity contribution in [2.24, 2.45) is 0 Å². The Hall–Kier alpha value is -2.88. The Kier molecular flexibility index (Phi) is 7.09. The monoisotopic (exact) mass is 434 g/mol. The van der Waals surface area contributed by atoms with Gasteiger partial charge in [0.15, 0.2) is 17.0 Å².